The van der Waals surface area contributed by atoms with Crippen molar-refractivity contribution in [3.63, 3.8) is 0 Å². The maximum absolute atomic E-state index is 12.6. The molecule has 4 rings (SSSR count). The molecule has 0 atom stereocenters. The summed E-state index contributed by atoms with van der Waals surface area (Å²) in [6.07, 6.45) is -3.98. The van der Waals surface area contributed by atoms with Crippen molar-refractivity contribution in [2.75, 3.05) is 5.32 Å². The molecule has 4 aromatic rings. The van der Waals surface area contributed by atoms with Crippen molar-refractivity contribution < 1.29 is 22.7 Å². The monoisotopic (exact) mass is 430 g/mol. The molecule has 0 amide bonds. The molecule has 0 fully saturated rings. The van der Waals surface area contributed by atoms with Gasteiger partial charge in [0.2, 0.25) is 0 Å². The van der Waals surface area contributed by atoms with Gasteiger partial charge in [0.15, 0.2) is 12.2 Å². The zero-order chi connectivity index (χ0) is 22.2. The van der Waals surface area contributed by atoms with Gasteiger partial charge in [0.25, 0.3) is 0 Å². The van der Waals surface area contributed by atoms with E-state index in [0.29, 0.717) is 34.0 Å². The van der Waals surface area contributed by atoms with Crippen LogP contribution in [0, 0.1) is 6.92 Å². The number of para-hydroxylation sites is 1. The van der Waals surface area contributed by atoms with Crippen LogP contribution in [0.25, 0.3) is 22.4 Å². The summed E-state index contributed by atoms with van der Waals surface area (Å²) in [5, 5.41) is 13.1. The van der Waals surface area contributed by atoms with E-state index >= 15 is 0 Å². The summed E-state index contributed by atoms with van der Waals surface area (Å²) < 4.78 is 45.1. The first-order valence-corrected chi connectivity index (χ1v) is 9.69. The highest BCUT2D eigenvalue weighted by atomic mass is 19.4. The van der Waals surface area contributed by atoms with Crippen molar-refractivity contribution in [1.29, 1.82) is 0 Å². The smallest absolute Gasteiger partial charge is 0.389 e. The van der Waals surface area contributed by atoms with Crippen LogP contribution in [0.5, 0.6) is 0 Å². The number of hydrogen-bond acceptors (Lipinski definition) is 5. The van der Waals surface area contributed by atoms with Gasteiger partial charge >= 0.3 is 6.18 Å². The highest BCUT2D eigenvalue weighted by molar-refractivity contribution is 5.91. The summed E-state index contributed by atoms with van der Waals surface area (Å²) in [6.45, 7) is 1.63. The summed E-state index contributed by atoms with van der Waals surface area (Å²) in [4.78, 5) is 8.54. The van der Waals surface area contributed by atoms with Crippen molar-refractivity contribution in [2.24, 2.45) is 7.05 Å². The fraction of sp³-hybridized carbons (Fsp3) is 0.273. The number of aryl methyl sites for hydroxylation is 3. The van der Waals surface area contributed by atoms with Gasteiger partial charge in [-0.3, -0.25) is 0 Å². The Hall–Kier alpha value is -3.33. The molecule has 0 aliphatic carbocycles. The Morgan fingerprint density at radius 3 is 2.68 bits per heavy atom. The topological polar surface area (TPSA) is 76.1 Å². The van der Waals surface area contributed by atoms with E-state index in [9.17, 15) is 18.3 Å². The summed E-state index contributed by atoms with van der Waals surface area (Å²) in [6, 6.07) is 10.9. The van der Waals surface area contributed by atoms with Gasteiger partial charge in [-0.25, -0.2) is 9.97 Å². The van der Waals surface area contributed by atoms with Crippen LogP contribution >= 0.6 is 0 Å². The third kappa shape index (κ3) is 4.27. The first-order chi connectivity index (χ1) is 14.8. The zero-order valence-corrected chi connectivity index (χ0v) is 17.0. The summed E-state index contributed by atoms with van der Waals surface area (Å²) in [5.74, 6) is 0.963. The summed E-state index contributed by atoms with van der Waals surface area (Å²) in [7, 11) is 1.71. The number of aliphatic hydroxyl groups is 1. The number of alkyl halides is 3. The lowest BCUT2D eigenvalue weighted by molar-refractivity contribution is -0.134. The molecule has 2 aromatic carbocycles. The van der Waals surface area contributed by atoms with Crippen molar-refractivity contribution in [3.05, 3.63) is 59.9 Å². The second-order valence-corrected chi connectivity index (χ2v) is 7.30. The quantitative estimate of drug-likeness (QED) is 0.436. The van der Waals surface area contributed by atoms with Gasteiger partial charge < -0.3 is 19.4 Å². The van der Waals surface area contributed by atoms with Crippen LogP contribution in [-0.2, 0) is 20.1 Å². The number of halogens is 3. The van der Waals surface area contributed by atoms with Crippen LogP contribution in [-0.4, -0.2) is 25.8 Å². The lowest BCUT2D eigenvalue weighted by Crippen LogP contribution is -2.10. The summed E-state index contributed by atoms with van der Waals surface area (Å²) in [5.41, 5.74) is 4.82. The van der Waals surface area contributed by atoms with E-state index in [4.69, 9.17) is 4.42 Å². The predicted octanol–water partition coefficient (Wildman–Crippen LogP) is 5.27. The Kier molecular flexibility index (Phi) is 5.45. The number of nitrogens with zero attached hydrogens (tertiary/aromatic N) is 3. The number of benzene rings is 2. The maximum Gasteiger partial charge on any atom is 0.389 e. The van der Waals surface area contributed by atoms with E-state index in [1.165, 1.54) is 6.39 Å². The van der Waals surface area contributed by atoms with Crippen molar-refractivity contribution in [3.8, 4) is 11.3 Å². The van der Waals surface area contributed by atoms with E-state index in [1.54, 1.807) is 17.7 Å². The molecule has 162 valence electrons. The number of aliphatic hydroxyl groups excluding tert-OH is 1. The number of oxazole rings is 1. The Labute approximate surface area is 176 Å². The van der Waals surface area contributed by atoms with Crippen LogP contribution in [0.4, 0.5) is 24.5 Å². The SMILES string of the molecule is Cc1ncoc1-c1ccc(Nc2cccc3c2nc(CCC(F)(F)F)n3C)cc1CO. The van der Waals surface area contributed by atoms with E-state index in [2.05, 4.69) is 15.3 Å². The molecule has 0 saturated heterocycles. The molecule has 0 aliphatic rings. The molecule has 0 saturated carbocycles. The van der Waals surface area contributed by atoms with Crippen LogP contribution in [0.2, 0.25) is 0 Å². The van der Waals surface area contributed by atoms with Gasteiger partial charge in [-0.05, 0) is 42.8 Å². The third-order valence-corrected chi connectivity index (χ3v) is 5.18. The second kappa shape index (κ2) is 8.07. The minimum Gasteiger partial charge on any atom is -0.443 e. The molecule has 0 spiro atoms. The number of fused-ring (bicyclic) bond motifs is 1. The fourth-order valence-corrected chi connectivity index (χ4v) is 3.58. The number of imidazole rings is 1. The van der Waals surface area contributed by atoms with Gasteiger partial charge in [0.1, 0.15) is 11.3 Å². The van der Waals surface area contributed by atoms with Gasteiger partial charge in [-0.15, -0.1) is 0 Å². The van der Waals surface area contributed by atoms with Gasteiger partial charge in [0.05, 0.1) is 29.9 Å². The zero-order valence-electron chi connectivity index (χ0n) is 17.0. The average molecular weight is 430 g/mol. The highest BCUT2D eigenvalue weighted by Crippen LogP contribution is 2.32. The molecule has 6 nitrogen and oxygen atoms in total. The molecule has 31 heavy (non-hydrogen) atoms. The molecule has 0 bridgehead atoms. The van der Waals surface area contributed by atoms with Gasteiger partial charge in [-0.1, -0.05) is 6.07 Å². The Morgan fingerprint density at radius 2 is 2.00 bits per heavy atom. The minimum atomic E-state index is -4.23. The lowest BCUT2D eigenvalue weighted by atomic mass is 10.0. The van der Waals surface area contributed by atoms with E-state index in [0.717, 1.165) is 16.8 Å². The van der Waals surface area contributed by atoms with Crippen LogP contribution < -0.4 is 5.32 Å². The number of rotatable bonds is 6. The lowest BCUT2D eigenvalue weighted by Gasteiger charge is -2.11. The largest absolute Gasteiger partial charge is 0.443 e. The van der Waals surface area contributed by atoms with Crippen molar-refractivity contribution in [1.82, 2.24) is 14.5 Å². The predicted molar refractivity (Wildman–Crippen MR) is 111 cm³/mol. The number of aromatic nitrogens is 3. The maximum atomic E-state index is 12.6. The standard InChI is InChI=1S/C22H21F3N4O2/c1-13-21(31-12-26-13)16-7-6-15(10-14(16)11-30)27-17-4-3-5-18-20(17)28-19(29(18)2)8-9-22(23,24)25/h3-7,10,12,27,30H,8-9,11H2,1-2H3. The minimum absolute atomic E-state index is 0.186. The second-order valence-electron chi connectivity index (χ2n) is 7.30. The molecule has 0 aliphatic heterocycles. The molecule has 9 heteroatoms. The first kappa shape index (κ1) is 20.9. The highest BCUT2D eigenvalue weighted by Gasteiger charge is 2.27. The van der Waals surface area contributed by atoms with E-state index < -0.39 is 12.6 Å². The van der Waals surface area contributed by atoms with Crippen LogP contribution in [0.3, 0.4) is 0 Å². The van der Waals surface area contributed by atoms with Crippen LogP contribution in [0.15, 0.2) is 47.2 Å². The first-order valence-electron chi connectivity index (χ1n) is 9.69. The van der Waals surface area contributed by atoms with E-state index in [1.807, 2.05) is 37.3 Å². The average Bonchev–Trinajstić information content (AvgIpc) is 3.30. The molecular weight excluding hydrogens is 409 g/mol. The third-order valence-electron chi connectivity index (χ3n) is 5.18. The number of anilines is 2. The Bertz CT molecular complexity index is 1230. The van der Waals surface area contributed by atoms with E-state index in [-0.39, 0.29) is 13.0 Å². The van der Waals surface area contributed by atoms with Crippen molar-refractivity contribution >= 4 is 22.4 Å². The van der Waals surface area contributed by atoms with Crippen molar-refractivity contribution in [2.45, 2.75) is 32.5 Å². The van der Waals surface area contributed by atoms with Gasteiger partial charge in [-0.2, -0.15) is 13.2 Å². The molecule has 0 unspecified atom stereocenters. The molecule has 2 N–H and O–H groups in total. The molecule has 2 aromatic heterocycles. The number of hydrogen-bond donors (Lipinski definition) is 2. The normalized spacial score (nSPS) is 11.9. The molecular formula is C22H21F3N4O2. The number of nitrogens with one attached hydrogen (secondary N) is 1. The molecule has 2 heterocycles. The Morgan fingerprint density at radius 1 is 1.19 bits per heavy atom. The summed E-state index contributed by atoms with van der Waals surface area (Å²) >= 11 is 0. The molecule has 0 radical (unpaired) electrons. The van der Waals surface area contributed by atoms with Crippen LogP contribution in [0.1, 0.15) is 23.5 Å². The van der Waals surface area contributed by atoms with Gasteiger partial charge in [0, 0.05) is 24.7 Å². The fourth-order valence-electron chi connectivity index (χ4n) is 3.58. The Balaban J connectivity index is 1.66.